The SMILES string of the molecule is CNSNC(F)I. The van der Waals surface area contributed by atoms with Crippen molar-refractivity contribution in [3.8, 4) is 0 Å². The Bertz CT molecular complexity index is 44.7. The molecule has 2 N–H and O–H groups in total. The van der Waals surface area contributed by atoms with Gasteiger partial charge in [-0.25, -0.2) is 9.11 Å². The van der Waals surface area contributed by atoms with Crippen molar-refractivity contribution >= 4 is 34.7 Å². The average Bonchev–Trinajstić information content (AvgIpc) is 1.61. The Morgan fingerprint density at radius 3 is 2.57 bits per heavy atom. The van der Waals surface area contributed by atoms with E-state index in [1.807, 2.05) is 0 Å². The molecule has 44 valence electrons. The van der Waals surface area contributed by atoms with E-state index in [1.165, 1.54) is 0 Å². The molecule has 0 aliphatic rings. The third-order valence-corrected chi connectivity index (χ3v) is 1.51. The zero-order chi connectivity index (χ0) is 5.70. The van der Waals surface area contributed by atoms with Crippen LogP contribution in [0.4, 0.5) is 4.39 Å². The van der Waals surface area contributed by atoms with Crippen LogP contribution < -0.4 is 9.44 Å². The van der Waals surface area contributed by atoms with Gasteiger partial charge in [-0.3, -0.25) is 4.72 Å². The van der Waals surface area contributed by atoms with Gasteiger partial charge in [-0.15, -0.1) is 0 Å². The molecule has 0 saturated heterocycles. The monoisotopic (exact) mass is 236 g/mol. The zero-order valence-corrected chi connectivity index (χ0v) is 6.72. The van der Waals surface area contributed by atoms with Crippen LogP contribution in [0.3, 0.4) is 0 Å². The number of rotatable bonds is 3. The largest absolute Gasteiger partial charge is 0.254 e. The molecule has 0 radical (unpaired) electrons. The molecule has 0 saturated carbocycles. The van der Waals surface area contributed by atoms with E-state index in [4.69, 9.17) is 0 Å². The Labute approximate surface area is 60.0 Å². The van der Waals surface area contributed by atoms with Crippen molar-refractivity contribution in [2.24, 2.45) is 0 Å². The van der Waals surface area contributed by atoms with Crippen molar-refractivity contribution < 1.29 is 4.39 Å². The summed E-state index contributed by atoms with van der Waals surface area (Å²) >= 11 is 2.76. The molecule has 0 aliphatic carbocycles. The highest BCUT2D eigenvalue weighted by molar-refractivity contribution is 14.1. The van der Waals surface area contributed by atoms with Crippen LogP contribution in [0.5, 0.6) is 0 Å². The Hall–Kier alpha value is 0.930. The molecule has 0 aromatic rings. The molecule has 0 amide bonds. The maximum atomic E-state index is 11.7. The first-order valence-electron chi connectivity index (χ1n) is 1.63. The summed E-state index contributed by atoms with van der Waals surface area (Å²) in [4.78, 5) is 0. The summed E-state index contributed by atoms with van der Waals surface area (Å²) in [7, 11) is 1.72. The van der Waals surface area contributed by atoms with Gasteiger partial charge in [0.2, 0.25) is 4.30 Å². The normalized spacial score (nSPS) is 14.1. The van der Waals surface area contributed by atoms with Crippen LogP contribution in [0.2, 0.25) is 0 Å². The predicted molar refractivity (Wildman–Crippen MR) is 38.7 cm³/mol. The first kappa shape index (κ1) is 7.93. The van der Waals surface area contributed by atoms with Gasteiger partial charge in [0.15, 0.2) is 0 Å². The Balaban J connectivity index is 2.68. The average molecular weight is 236 g/mol. The van der Waals surface area contributed by atoms with Crippen molar-refractivity contribution in [1.82, 2.24) is 9.44 Å². The van der Waals surface area contributed by atoms with Crippen molar-refractivity contribution in [3.63, 3.8) is 0 Å². The summed E-state index contributed by atoms with van der Waals surface area (Å²) in [6.07, 6.45) is 0. The molecule has 0 aromatic carbocycles. The molecule has 1 unspecified atom stereocenters. The lowest BCUT2D eigenvalue weighted by Crippen LogP contribution is -2.13. The third-order valence-electron chi connectivity index (χ3n) is 0.250. The van der Waals surface area contributed by atoms with E-state index in [2.05, 4.69) is 9.44 Å². The third kappa shape index (κ3) is 6.93. The molecule has 0 bridgehead atoms. The van der Waals surface area contributed by atoms with Crippen LogP contribution in [-0.4, -0.2) is 11.4 Å². The van der Waals surface area contributed by atoms with Crippen LogP contribution in [-0.2, 0) is 0 Å². The summed E-state index contributed by atoms with van der Waals surface area (Å²) in [5.74, 6) is 0. The van der Waals surface area contributed by atoms with Crippen molar-refractivity contribution in [2.45, 2.75) is 4.30 Å². The maximum absolute atomic E-state index is 11.7. The lowest BCUT2D eigenvalue weighted by Gasteiger charge is -1.98. The number of hydrogen-bond donors (Lipinski definition) is 2. The van der Waals surface area contributed by atoms with E-state index in [9.17, 15) is 4.39 Å². The van der Waals surface area contributed by atoms with E-state index >= 15 is 0 Å². The summed E-state index contributed by atoms with van der Waals surface area (Å²) in [5, 5.41) is 0. The van der Waals surface area contributed by atoms with Gasteiger partial charge >= 0.3 is 0 Å². The highest BCUT2D eigenvalue weighted by Gasteiger charge is 1.92. The topological polar surface area (TPSA) is 24.1 Å². The minimum Gasteiger partial charge on any atom is -0.254 e. The van der Waals surface area contributed by atoms with E-state index in [0.29, 0.717) is 0 Å². The molecule has 1 atom stereocenters. The maximum Gasteiger partial charge on any atom is 0.212 e. The van der Waals surface area contributed by atoms with E-state index in [1.54, 1.807) is 29.6 Å². The lowest BCUT2D eigenvalue weighted by molar-refractivity contribution is 0.464. The molecule has 0 fully saturated rings. The number of halogens is 2. The highest BCUT2D eigenvalue weighted by Crippen LogP contribution is 1.99. The lowest BCUT2D eigenvalue weighted by atomic mass is 11.5. The summed E-state index contributed by atoms with van der Waals surface area (Å²) < 4.78 is 15.8. The van der Waals surface area contributed by atoms with Crippen molar-refractivity contribution in [3.05, 3.63) is 0 Å². The number of hydrogen-bond acceptors (Lipinski definition) is 3. The first-order chi connectivity index (χ1) is 3.27. The van der Waals surface area contributed by atoms with Gasteiger partial charge in [0.1, 0.15) is 0 Å². The second-order valence-corrected chi connectivity index (χ2v) is 2.67. The molecular weight excluding hydrogens is 230 g/mol. The van der Waals surface area contributed by atoms with Crippen molar-refractivity contribution in [1.29, 1.82) is 0 Å². The smallest absolute Gasteiger partial charge is 0.212 e. The fourth-order valence-corrected chi connectivity index (χ4v) is 0.692. The summed E-state index contributed by atoms with van der Waals surface area (Å²) in [6, 6.07) is 0. The highest BCUT2D eigenvalue weighted by atomic mass is 127. The zero-order valence-electron chi connectivity index (χ0n) is 3.74. The Morgan fingerprint density at radius 1 is 1.86 bits per heavy atom. The van der Waals surface area contributed by atoms with Gasteiger partial charge in [0, 0.05) is 12.1 Å². The standard InChI is InChI=1S/C2H6FIN2S/c1-5-7-6-2(3)4/h2,5-6H,1H3. The van der Waals surface area contributed by atoms with Gasteiger partial charge < -0.3 is 0 Å². The number of nitrogens with one attached hydrogen (secondary N) is 2. The minimum absolute atomic E-state index is 0.977. The molecule has 0 aliphatic heterocycles. The van der Waals surface area contributed by atoms with Gasteiger partial charge in [0.25, 0.3) is 0 Å². The van der Waals surface area contributed by atoms with Crippen LogP contribution >= 0.6 is 34.7 Å². The predicted octanol–water partition coefficient (Wildman–Crippen LogP) is 1.05. The van der Waals surface area contributed by atoms with Crippen molar-refractivity contribution in [2.75, 3.05) is 7.05 Å². The van der Waals surface area contributed by atoms with E-state index < -0.39 is 4.30 Å². The molecular formula is C2H6FIN2S. The second-order valence-electron chi connectivity index (χ2n) is 0.725. The molecule has 0 aromatic heterocycles. The van der Waals surface area contributed by atoms with Crippen LogP contribution in [0, 0.1) is 0 Å². The van der Waals surface area contributed by atoms with Gasteiger partial charge in [0.05, 0.1) is 0 Å². The minimum atomic E-state index is -0.977. The molecule has 0 heterocycles. The quantitative estimate of drug-likeness (QED) is 0.331. The first-order valence-corrected chi connectivity index (χ1v) is 3.70. The molecule has 0 rings (SSSR count). The van der Waals surface area contributed by atoms with Crippen LogP contribution in [0.1, 0.15) is 0 Å². The molecule has 7 heavy (non-hydrogen) atoms. The number of alkyl halides is 2. The molecule has 2 nitrogen and oxygen atoms in total. The fourth-order valence-electron chi connectivity index (χ4n) is 0.103. The van der Waals surface area contributed by atoms with Crippen LogP contribution in [0.15, 0.2) is 0 Å². The Morgan fingerprint density at radius 2 is 2.43 bits per heavy atom. The van der Waals surface area contributed by atoms with Gasteiger partial charge in [-0.1, -0.05) is 0 Å². The molecule has 0 spiro atoms. The summed E-state index contributed by atoms with van der Waals surface area (Å²) in [5.41, 5.74) is 0. The Kier molecular flexibility index (Phi) is 5.75. The van der Waals surface area contributed by atoms with E-state index in [-0.39, 0.29) is 0 Å². The molecule has 5 heteroatoms. The van der Waals surface area contributed by atoms with Crippen LogP contribution in [0.25, 0.3) is 0 Å². The fraction of sp³-hybridized carbons (Fsp3) is 1.00. The second kappa shape index (κ2) is 5.07. The van der Waals surface area contributed by atoms with Gasteiger partial charge in [-0.2, -0.15) is 0 Å². The summed E-state index contributed by atoms with van der Waals surface area (Å²) in [6.45, 7) is 0. The van der Waals surface area contributed by atoms with E-state index in [0.717, 1.165) is 12.1 Å². The van der Waals surface area contributed by atoms with Gasteiger partial charge in [-0.05, 0) is 29.6 Å².